The zero-order valence-electron chi connectivity index (χ0n) is 8.64. The molecule has 0 aliphatic carbocycles. The molecule has 1 unspecified atom stereocenters. The third-order valence-corrected chi connectivity index (χ3v) is 2.80. The first-order valence-corrected chi connectivity index (χ1v) is 5.10. The van der Waals surface area contributed by atoms with Crippen LogP contribution in [0, 0.1) is 6.92 Å². The third-order valence-electron chi connectivity index (χ3n) is 2.80. The van der Waals surface area contributed by atoms with Crippen molar-refractivity contribution in [3.05, 3.63) is 29.3 Å². The molecule has 14 heavy (non-hydrogen) atoms. The summed E-state index contributed by atoms with van der Waals surface area (Å²) in [5.41, 5.74) is 2.34. The SMILES string of the molecule is CCC1(F)CCc2cc(C)ccc2O1. The van der Waals surface area contributed by atoms with Gasteiger partial charge in [-0.1, -0.05) is 24.6 Å². The summed E-state index contributed by atoms with van der Waals surface area (Å²) in [5, 5.41) is 0. The molecule has 2 rings (SSSR count). The Bertz CT molecular complexity index is 348. The quantitative estimate of drug-likeness (QED) is 0.665. The van der Waals surface area contributed by atoms with Gasteiger partial charge in [-0.15, -0.1) is 0 Å². The molecule has 0 aromatic heterocycles. The Morgan fingerprint density at radius 3 is 3.00 bits per heavy atom. The summed E-state index contributed by atoms with van der Waals surface area (Å²) in [4.78, 5) is 0. The molecular formula is C12H15FO. The van der Waals surface area contributed by atoms with E-state index in [0.717, 1.165) is 12.0 Å². The van der Waals surface area contributed by atoms with E-state index in [-0.39, 0.29) is 0 Å². The maximum Gasteiger partial charge on any atom is 0.248 e. The molecule has 0 saturated heterocycles. The van der Waals surface area contributed by atoms with Gasteiger partial charge >= 0.3 is 0 Å². The summed E-state index contributed by atoms with van der Waals surface area (Å²) in [6.45, 7) is 3.86. The van der Waals surface area contributed by atoms with Crippen LogP contribution in [0.5, 0.6) is 5.75 Å². The Morgan fingerprint density at radius 2 is 2.29 bits per heavy atom. The number of benzene rings is 1. The maximum atomic E-state index is 13.9. The molecule has 2 heteroatoms. The van der Waals surface area contributed by atoms with Gasteiger partial charge in [0.1, 0.15) is 5.75 Å². The van der Waals surface area contributed by atoms with E-state index in [2.05, 4.69) is 6.07 Å². The van der Waals surface area contributed by atoms with Crippen LogP contribution in [0.2, 0.25) is 0 Å². The smallest absolute Gasteiger partial charge is 0.248 e. The minimum Gasteiger partial charge on any atom is -0.458 e. The molecule has 0 amide bonds. The highest BCUT2D eigenvalue weighted by atomic mass is 19.2. The van der Waals surface area contributed by atoms with Gasteiger partial charge < -0.3 is 4.74 Å². The Labute approximate surface area is 83.9 Å². The molecule has 1 nitrogen and oxygen atoms in total. The molecule has 0 N–H and O–H groups in total. The number of aryl methyl sites for hydroxylation is 2. The lowest BCUT2D eigenvalue weighted by Gasteiger charge is -2.31. The fourth-order valence-corrected chi connectivity index (χ4v) is 1.82. The van der Waals surface area contributed by atoms with Gasteiger partial charge in [-0.3, -0.25) is 0 Å². The van der Waals surface area contributed by atoms with Crippen molar-refractivity contribution < 1.29 is 9.13 Å². The lowest BCUT2D eigenvalue weighted by molar-refractivity contribution is -0.0807. The standard InChI is InChI=1S/C12H15FO/c1-3-12(13)7-6-10-8-9(2)4-5-11(10)14-12/h4-5,8H,3,6-7H2,1-2H3. The molecule has 0 radical (unpaired) electrons. The van der Waals surface area contributed by atoms with Crippen molar-refractivity contribution in [2.75, 3.05) is 0 Å². The van der Waals surface area contributed by atoms with Gasteiger partial charge in [0.05, 0.1) is 0 Å². The van der Waals surface area contributed by atoms with Crippen molar-refractivity contribution >= 4 is 0 Å². The van der Waals surface area contributed by atoms with Crippen molar-refractivity contribution in [1.29, 1.82) is 0 Å². The molecule has 0 bridgehead atoms. The first-order valence-electron chi connectivity index (χ1n) is 5.10. The zero-order chi connectivity index (χ0) is 10.2. The number of halogens is 1. The van der Waals surface area contributed by atoms with Crippen LogP contribution in [0.1, 0.15) is 30.9 Å². The van der Waals surface area contributed by atoms with E-state index in [1.54, 1.807) is 0 Å². The highest BCUT2D eigenvalue weighted by Gasteiger charge is 2.33. The topological polar surface area (TPSA) is 9.23 Å². The molecule has 1 aromatic rings. The average Bonchev–Trinajstić information content (AvgIpc) is 2.19. The zero-order valence-corrected chi connectivity index (χ0v) is 8.64. The fraction of sp³-hybridized carbons (Fsp3) is 0.500. The molecule has 0 spiro atoms. The number of hydrogen-bond donors (Lipinski definition) is 0. The van der Waals surface area contributed by atoms with Gasteiger partial charge in [0, 0.05) is 12.8 Å². The molecule has 1 aliphatic rings. The Hall–Kier alpha value is -1.05. The minimum atomic E-state index is -1.44. The second kappa shape index (κ2) is 3.26. The molecular weight excluding hydrogens is 179 g/mol. The van der Waals surface area contributed by atoms with Gasteiger partial charge in [0.25, 0.3) is 0 Å². The van der Waals surface area contributed by atoms with Gasteiger partial charge in [0.2, 0.25) is 5.85 Å². The summed E-state index contributed by atoms with van der Waals surface area (Å²) in [5.74, 6) is -0.728. The van der Waals surface area contributed by atoms with Crippen molar-refractivity contribution in [2.24, 2.45) is 0 Å². The summed E-state index contributed by atoms with van der Waals surface area (Å²) >= 11 is 0. The Morgan fingerprint density at radius 1 is 1.50 bits per heavy atom. The van der Waals surface area contributed by atoms with Crippen molar-refractivity contribution in [3.8, 4) is 5.75 Å². The van der Waals surface area contributed by atoms with E-state index in [9.17, 15) is 4.39 Å². The highest BCUT2D eigenvalue weighted by Crippen LogP contribution is 2.36. The van der Waals surface area contributed by atoms with Crippen LogP contribution in [-0.2, 0) is 6.42 Å². The second-order valence-corrected chi connectivity index (χ2v) is 3.95. The van der Waals surface area contributed by atoms with E-state index in [0.29, 0.717) is 18.6 Å². The summed E-state index contributed by atoms with van der Waals surface area (Å²) in [7, 11) is 0. The van der Waals surface area contributed by atoms with Crippen molar-refractivity contribution in [2.45, 2.75) is 39.0 Å². The average molecular weight is 194 g/mol. The largest absolute Gasteiger partial charge is 0.458 e. The molecule has 1 heterocycles. The van der Waals surface area contributed by atoms with Crippen LogP contribution < -0.4 is 4.74 Å². The lowest BCUT2D eigenvalue weighted by Crippen LogP contribution is -2.33. The Balaban J connectivity index is 2.31. The van der Waals surface area contributed by atoms with Crippen LogP contribution in [0.15, 0.2) is 18.2 Å². The molecule has 76 valence electrons. The lowest BCUT2D eigenvalue weighted by atomic mass is 9.98. The van der Waals surface area contributed by atoms with Crippen LogP contribution >= 0.6 is 0 Å². The van der Waals surface area contributed by atoms with E-state index in [1.165, 1.54) is 5.56 Å². The number of rotatable bonds is 1. The normalized spacial score (nSPS) is 25.4. The number of hydrogen-bond acceptors (Lipinski definition) is 1. The number of alkyl halides is 1. The van der Waals surface area contributed by atoms with Gasteiger partial charge in [0.15, 0.2) is 0 Å². The molecule has 0 fully saturated rings. The highest BCUT2D eigenvalue weighted by molar-refractivity contribution is 5.38. The number of fused-ring (bicyclic) bond motifs is 1. The first kappa shape index (κ1) is 9.50. The summed E-state index contributed by atoms with van der Waals surface area (Å²) in [6.07, 6.45) is 1.67. The number of ether oxygens (including phenoxy) is 1. The van der Waals surface area contributed by atoms with E-state index in [4.69, 9.17) is 4.74 Å². The van der Waals surface area contributed by atoms with Crippen molar-refractivity contribution in [3.63, 3.8) is 0 Å². The van der Waals surface area contributed by atoms with E-state index >= 15 is 0 Å². The summed E-state index contributed by atoms with van der Waals surface area (Å²) < 4.78 is 19.2. The predicted octanol–water partition coefficient (Wildman–Crippen LogP) is 3.40. The molecule has 0 saturated carbocycles. The summed E-state index contributed by atoms with van der Waals surface area (Å²) in [6, 6.07) is 5.90. The van der Waals surface area contributed by atoms with Gasteiger partial charge in [-0.2, -0.15) is 4.39 Å². The van der Waals surface area contributed by atoms with Gasteiger partial charge in [-0.25, -0.2) is 0 Å². The van der Waals surface area contributed by atoms with E-state index < -0.39 is 5.85 Å². The molecule has 1 aromatic carbocycles. The third kappa shape index (κ3) is 1.61. The second-order valence-electron chi connectivity index (χ2n) is 3.95. The van der Waals surface area contributed by atoms with Gasteiger partial charge in [-0.05, 0) is 25.0 Å². The fourth-order valence-electron chi connectivity index (χ4n) is 1.82. The maximum absolute atomic E-state index is 13.9. The van der Waals surface area contributed by atoms with Crippen molar-refractivity contribution in [1.82, 2.24) is 0 Å². The first-order chi connectivity index (χ1) is 6.63. The predicted molar refractivity (Wildman–Crippen MR) is 54.3 cm³/mol. The van der Waals surface area contributed by atoms with E-state index in [1.807, 2.05) is 26.0 Å². The molecule has 1 aliphatic heterocycles. The van der Waals surface area contributed by atoms with Crippen LogP contribution in [0.25, 0.3) is 0 Å². The van der Waals surface area contributed by atoms with Crippen LogP contribution in [0.4, 0.5) is 4.39 Å². The van der Waals surface area contributed by atoms with Crippen LogP contribution in [0.3, 0.4) is 0 Å². The monoisotopic (exact) mass is 194 g/mol. The minimum absolute atomic E-state index is 0.417. The Kier molecular flexibility index (Phi) is 2.22. The van der Waals surface area contributed by atoms with Crippen LogP contribution in [-0.4, -0.2) is 5.85 Å². The molecule has 1 atom stereocenters.